The first-order chi connectivity index (χ1) is 9.63. The molecule has 2 fully saturated rings. The Bertz CT molecular complexity index is 274. The van der Waals surface area contributed by atoms with Crippen LogP contribution in [0.4, 0.5) is 0 Å². The molecular formula is C17H34N2S. The van der Waals surface area contributed by atoms with E-state index in [2.05, 4.69) is 42.1 Å². The molecule has 0 amide bonds. The minimum Gasteiger partial charge on any atom is -0.313 e. The molecule has 2 aliphatic rings. The van der Waals surface area contributed by atoms with Crippen LogP contribution in [0.3, 0.4) is 0 Å². The van der Waals surface area contributed by atoms with Crippen LogP contribution < -0.4 is 5.32 Å². The Kier molecular flexibility index (Phi) is 6.70. The molecule has 1 saturated carbocycles. The molecule has 1 unspecified atom stereocenters. The van der Waals surface area contributed by atoms with E-state index in [-0.39, 0.29) is 0 Å². The Balaban J connectivity index is 1.91. The van der Waals surface area contributed by atoms with Crippen molar-refractivity contribution in [2.75, 3.05) is 32.4 Å². The lowest BCUT2D eigenvalue weighted by molar-refractivity contribution is 0.210. The second-order valence-electron chi connectivity index (χ2n) is 7.32. The van der Waals surface area contributed by atoms with E-state index in [4.69, 9.17) is 0 Å². The quantitative estimate of drug-likeness (QED) is 0.832. The molecule has 1 heterocycles. The topological polar surface area (TPSA) is 15.3 Å². The number of rotatable bonds is 5. The van der Waals surface area contributed by atoms with Crippen molar-refractivity contribution in [1.82, 2.24) is 10.2 Å². The second-order valence-corrected chi connectivity index (χ2v) is 8.59. The van der Waals surface area contributed by atoms with Crippen LogP contribution in [0.15, 0.2) is 0 Å². The van der Waals surface area contributed by atoms with Crippen molar-refractivity contribution in [1.29, 1.82) is 0 Å². The molecule has 118 valence electrons. The van der Waals surface area contributed by atoms with Gasteiger partial charge in [-0.3, -0.25) is 0 Å². The van der Waals surface area contributed by atoms with Gasteiger partial charge in [0.25, 0.3) is 0 Å². The van der Waals surface area contributed by atoms with Gasteiger partial charge in [0.2, 0.25) is 0 Å². The molecule has 1 aliphatic carbocycles. The SMILES string of the molecule is CSC1(CN2CCCNC(CC(C)C)C2)CCCCC1. The largest absolute Gasteiger partial charge is 0.313 e. The third-order valence-electron chi connectivity index (χ3n) is 5.03. The molecule has 1 atom stereocenters. The first-order valence-electron chi connectivity index (χ1n) is 8.64. The predicted octanol–water partition coefficient (Wildman–Crippen LogP) is 3.76. The lowest BCUT2D eigenvalue weighted by Crippen LogP contribution is -2.46. The van der Waals surface area contributed by atoms with Gasteiger partial charge in [0, 0.05) is 23.9 Å². The average Bonchev–Trinajstić information content (AvgIpc) is 2.64. The Labute approximate surface area is 130 Å². The van der Waals surface area contributed by atoms with Gasteiger partial charge >= 0.3 is 0 Å². The van der Waals surface area contributed by atoms with Crippen molar-refractivity contribution in [3.63, 3.8) is 0 Å². The molecule has 0 spiro atoms. The minimum atomic E-state index is 0.560. The van der Waals surface area contributed by atoms with E-state index in [1.807, 2.05) is 0 Å². The summed E-state index contributed by atoms with van der Waals surface area (Å²) in [6, 6.07) is 0.708. The van der Waals surface area contributed by atoms with Gasteiger partial charge in [-0.15, -0.1) is 0 Å². The van der Waals surface area contributed by atoms with Crippen LogP contribution in [-0.2, 0) is 0 Å². The minimum absolute atomic E-state index is 0.560. The van der Waals surface area contributed by atoms with E-state index in [9.17, 15) is 0 Å². The third-order valence-corrected chi connectivity index (χ3v) is 6.43. The summed E-state index contributed by atoms with van der Waals surface area (Å²) in [7, 11) is 0. The summed E-state index contributed by atoms with van der Waals surface area (Å²) >= 11 is 2.15. The maximum Gasteiger partial charge on any atom is 0.0284 e. The highest BCUT2D eigenvalue weighted by atomic mass is 32.2. The molecule has 0 aromatic rings. The first-order valence-corrected chi connectivity index (χ1v) is 9.87. The summed E-state index contributed by atoms with van der Waals surface area (Å²) in [5, 5.41) is 3.76. The van der Waals surface area contributed by atoms with Crippen molar-refractivity contribution >= 4 is 11.8 Å². The maximum absolute atomic E-state index is 3.76. The summed E-state index contributed by atoms with van der Waals surface area (Å²) < 4.78 is 0.560. The van der Waals surface area contributed by atoms with Crippen LogP contribution in [0.2, 0.25) is 0 Å². The molecular weight excluding hydrogens is 264 g/mol. The normalized spacial score (nSPS) is 28.5. The molecule has 3 heteroatoms. The zero-order valence-corrected chi connectivity index (χ0v) is 14.6. The fraction of sp³-hybridized carbons (Fsp3) is 1.00. The molecule has 0 aromatic heterocycles. The standard InChI is InChI=1S/C17H34N2S/c1-15(2)12-16-13-19(11-7-10-18-16)14-17(20-3)8-5-4-6-9-17/h15-16,18H,4-14H2,1-3H3. The van der Waals surface area contributed by atoms with Gasteiger partial charge in [-0.1, -0.05) is 33.1 Å². The van der Waals surface area contributed by atoms with E-state index in [1.54, 1.807) is 0 Å². The molecule has 20 heavy (non-hydrogen) atoms. The van der Waals surface area contributed by atoms with E-state index in [0.717, 1.165) is 5.92 Å². The van der Waals surface area contributed by atoms with E-state index in [0.29, 0.717) is 10.8 Å². The predicted molar refractivity (Wildman–Crippen MR) is 91.6 cm³/mol. The van der Waals surface area contributed by atoms with Gasteiger partial charge in [0.05, 0.1) is 0 Å². The van der Waals surface area contributed by atoms with Crippen molar-refractivity contribution in [3.8, 4) is 0 Å². The smallest absolute Gasteiger partial charge is 0.0284 e. The zero-order valence-electron chi connectivity index (χ0n) is 13.8. The van der Waals surface area contributed by atoms with Crippen LogP contribution in [0.1, 0.15) is 58.8 Å². The summed E-state index contributed by atoms with van der Waals surface area (Å²) in [5.74, 6) is 0.802. The molecule has 2 rings (SSSR count). The molecule has 1 saturated heterocycles. The van der Waals surface area contributed by atoms with Crippen LogP contribution in [0, 0.1) is 5.92 Å². The Hall–Kier alpha value is 0.270. The molecule has 1 N–H and O–H groups in total. The van der Waals surface area contributed by atoms with Crippen molar-refractivity contribution in [2.24, 2.45) is 5.92 Å². The fourth-order valence-corrected chi connectivity index (χ4v) is 4.99. The number of nitrogens with one attached hydrogen (secondary N) is 1. The number of thioether (sulfide) groups is 1. The Morgan fingerprint density at radius 2 is 1.95 bits per heavy atom. The molecule has 1 aliphatic heterocycles. The molecule has 0 bridgehead atoms. The summed E-state index contributed by atoms with van der Waals surface area (Å²) in [6.07, 6.45) is 12.2. The lowest BCUT2D eigenvalue weighted by Gasteiger charge is -2.40. The van der Waals surface area contributed by atoms with Gasteiger partial charge in [0.1, 0.15) is 0 Å². The van der Waals surface area contributed by atoms with Crippen LogP contribution in [0.25, 0.3) is 0 Å². The third kappa shape index (κ3) is 4.92. The summed E-state index contributed by atoms with van der Waals surface area (Å²) in [4.78, 5) is 2.77. The molecule has 2 nitrogen and oxygen atoms in total. The lowest BCUT2D eigenvalue weighted by atomic mass is 9.87. The van der Waals surface area contributed by atoms with Gasteiger partial charge in [-0.2, -0.15) is 11.8 Å². The second kappa shape index (κ2) is 8.05. The highest BCUT2D eigenvalue weighted by Crippen LogP contribution is 2.39. The number of hydrogen-bond acceptors (Lipinski definition) is 3. The van der Waals surface area contributed by atoms with Crippen molar-refractivity contribution < 1.29 is 0 Å². The van der Waals surface area contributed by atoms with Gasteiger partial charge in [0.15, 0.2) is 0 Å². The summed E-state index contributed by atoms with van der Waals surface area (Å²) in [5.41, 5.74) is 0. The van der Waals surface area contributed by atoms with Gasteiger partial charge < -0.3 is 10.2 Å². The van der Waals surface area contributed by atoms with Gasteiger partial charge in [-0.25, -0.2) is 0 Å². The first kappa shape index (κ1) is 16.6. The van der Waals surface area contributed by atoms with Gasteiger partial charge in [-0.05, 0) is 50.9 Å². The number of nitrogens with zero attached hydrogens (tertiary/aromatic N) is 1. The van der Waals surface area contributed by atoms with Crippen LogP contribution in [-0.4, -0.2) is 48.1 Å². The average molecular weight is 299 g/mol. The highest BCUT2D eigenvalue weighted by molar-refractivity contribution is 8.00. The molecule has 0 aromatic carbocycles. The van der Waals surface area contributed by atoms with Crippen LogP contribution in [0.5, 0.6) is 0 Å². The highest BCUT2D eigenvalue weighted by Gasteiger charge is 2.34. The van der Waals surface area contributed by atoms with Crippen molar-refractivity contribution in [3.05, 3.63) is 0 Å². The molecule has 0 radical (unpaired) electrons. The van der Waals surface area contributed by atoms with E-state index in [1.165, 1.54) is 71.1 Å². The monoisotopic (exact) mass is 298 g/mol. The number of hydrogen-bond donors (Lipinski definition) is 1. The Morgan fingerprint density at radius 3 is 2.60 bits per heavy atom. The zero-order chi connectivity index (χ0) is 14.4. The Morgan fingerprint density at radius 1 is 1.20 bits per heavy atom. The fourth-order valence-electron chi connectivity index (χ4n) is 3.98. The summed E-state index contributed by atoms with van der Waals surface area (Å²) in [6.45, 7) is 9.79. The maximum atomic E-state index is 3.76. The van der Waals surface area contributed by atoms with E-state index < -0.39 is 0 Å². The van der Waals surface area contributed by atoms with Crippen LogP contribution >= 0.6 is 11.8 Å². The van der Waals surface area contributed by atoms with Crippen molar-refractivity contribution in [2.45, 2.75) is 69.6 Å². The van der Waals surface area contributed by atoms with E-state index >= 15 is 0 Å².